The Hall–Kier alpha value is -4.82. The molecule has 3 aromatic rings. The number of unbranched alkanes of at least 4 members (excludes halogenated alkanes) is 2. The van der Waals surface area contributed by atoms with E-state index in [-0.39, 0.29) is 53.4 Å². The molecule has 0 saturated heterocycles. The number of nitrogens with two attached hydrogens (primary N) is 1. The summed E-state index contributed by atoms with van der Waals surface area (Å²) >= 11 is 0. The number of carbonyl (C=O) groups is 1. The fourth-order valence-corrected chi connectivity index (χ4v) is 4.42. The van der Waals surface area contributed by atoms with E-state index in [1.54, 1.807) is 0 Å². The van der Waals surface area contributed by atoms with Crippen LogP contribution < -0.4 is 26.1 Å². The van der Waals surface area contributed by atoms with E-state index in [9.17, 15) is 35.9 Å². The van der Waals surface area contributed by atoms with Crippen molar-refractivity contribution in [3.63, 3.8) is 0 Å². The Labute approximate surface area is 264 Å². The molecule has 1 amide bonds. The third-order valence-electron chi connectivity index (χ3n) is 6.94. The first-order chi connectivity index (χ1) is 22.2. The molecule has 252 valence electrons. The molecule has 0 spiro atoms. The molecule has 1 heterocycles. The molecule has 15 heteroatoms. The highest BCUT2D eigenvalue weighted by molar-refractivity contribution is 6.08. The Bertz CT molecular complexity index is 1660. The largest absolute Gasteiger partial charge is 0.573 e. The topological polar surface area (TPSA) is 119 Å². The summed E-state index contributed by atoms with van der Waals surface area (Å²) < 4.78 is 98.8. The minimum absolute atomic E-state index is 0.0299. The number of allylic oxidation sites excluding steroid dienone is 1. The maximum Gasteiger partial charge on any atom is 0.573 e. The minimum Gasteiger partial charge on any atom is -0.493 e. The van der Waals surface area contributed by atoms with Gasteiger partial charge in [-0.15, -0.1) is 13.2 Å². The number of pyridine rings is 1. The monoisotopic (exact) mass is 668 g/mol. The summed E-state index contributed by atoms with van der Waals surface area (Å²) in [5.74, 6) is -1.64. The average molecular weight is 669 g/mol. The van der Waals surface area contributed by atoms with E-state index in [0.29, 0.717) is 18.9 Å². The number of rotatable bonds is 14. The maximum atomic E-state index is 15.2. The van der Waals surface area contributed by atoms with Crippen molar-refractivity contribution in [2.75, 3.05) is 18.5 Å². The molecule has 1 aliphatic carbocycles. The molecule has 0 bridgehead atoms. The van der Waals surface area contributed by atoms with Crippen LogP contribution in [0.2, 0.25) is 0 Å². The number of H-pyrrole nitrogens is 1. The van der Waals surface area contributed by atoms with Crippen LogP contribution in [0, 0.1) is 11.7 Å². The number of amides is 1. The summed E-state index contributed by atoms with van der Waals surface area (Å²) in [4.78, 5) is 33.3. The highest BCUT2D eigenvalue weighted by Crippen LogP contribution is 2.30. The highest BCUT2D eigenvalue weighted by atomic mass is 19.4. The van der Waals surface area contributed by atoms with Crippen molar-refractivity contribution in [3.8, 4) is 22.8 Å². The quantitative estimate of drug-likeness (QED) is 0.0929. The number of ether oxygens (including phenoxy) is 2. The zero-order valence-corrected chi connectivity index (χ0v) is 24.8. The second kappa shape index (κ2) is 15.2. The summed E-state index contributed by atoms with van der Waals surface area (Å²) in [7, 11) is 0. The Kier molecular flexibility index (Phi) is 11.3. The van der Waals surface area contributed by atoms with E-state index in [4.69, 9.17) is 10.5 Å². The molecule has 0 atom stereocenters. The Balaban J connectivity index is 1.56. The van der Waals surface area contributed by atoms with E-state index in [1.165, 1.54) is 30.5 Å². The van der Waals surface area contributed by atoms with E-state index >= 15 is 4.39 Å². The van der Waals surface area contributed by atoms with Gasteiger partial charge < -0.3 is 25.5 Å². The van der Waals surface area contributed by atoms with Crippen molar-refractivity contribution in [3.05, 3.63) is 81.9 Å². The number of alkyl halides is 6. The molecule has 1 aromatic heterocycles. The standard InChI is InChI=1S/C32H31F7N4O4/c33-25-16-22(46-15-3-1-2-13-31(34,35)36)10-11-23(25)27-17-24(26(40)12-14-41-18-19-4-5-19)28(30(45)43-27)29(44)42-20-6-8-21(9-7-20)47-32(37,38)39/h6-12,14,16-17,19H,1-5,13,15,18,40H2,(H,42,44)(H,43,45). The number of carbonyl (C=O) groups excluding carboxylic acids is 1. The first-order valence-electron chi connectivity index (χ1n) is 14.6. The van der Waals surface area contributed by atoms with E-state index in [2.05, 4.69) is 20.0 Å². The highest BCUT2D eigenvalue weighted by Gasteiger charge is 2.31. The molecule has 1 fully saturated rings. The van der Waals surface area contributed by atoms with Gasteiger partial charge in [0.05, 0.1) is 12.3 Å². The lowest BCUT2D eigenvalue weighted by molar-refractivity contribution is -0.274. The molecule has 0 unspecified atom stereocenters. The Morgan fingerprint density at radius 2 is 1.70 bits per heavy atom. The van der Waals surface area contributed by atoms with Crippen LogP contribution in [-0.2, 0) is 0 Å². The van der Waals surface area contributed by atoms with Crippen LogP contribution in [-0.4, -0.2) is 42.8 Å². The van der Waals surface area contributed by atoms with Gasteiger partial charge in [0.1, 0.15) is 22.9 Å². The molecule has 1 aliphatic rings. The van der Waals surface area contributed by atoms with E-state index in [1.807, 2.05) is 0 Å². The first-order valence-corrected chi connectivity index (χ1v) is 14.6. The van der Waals surface area contributed by atoms with Gasteiger partial charge in [0, 0.05) is 47.8 Å². The number of hydrogen-bond donors (Lipinski definition) is 3. The molecule has 4 N–H and O–H groups in total. The number of anilines is 1. The molecule has 47 heavy (non-hydrogen) atoms. The number of halogens is 7. The zero-order chi connectivity index (χ0) is 34.2. The second-order valence-electron chi connectivity index (χ2n) is 10.8. The Morgan fingerprint density at radius 3 is 2.34 bits per heavy atom. The van der Waals surface area contributed by atoms with Gasteiger partial charge in [-0.3, -0.25) is 14.6 Å². The van der Waals surface area contributed by atoms with Gasteiger partial charge in [-0.25, -0.2) is 4.39 Å². The van der Waals surface area contributed by atoms with Crippen LogP contribution >= 0.6 is 0 Å². The predicted molar refractivity (Wildman–Crippen MR) is 162 cm³/mol. The van der Waals surface area contributed by atoms with Gasteiger partial charge >= 0.3 is 12.5 Å². The van der Waals surface area contributed by atoms with Crippen molar-refractivity contribution in [2.24, 2.45) is 16.6 Å². The minimum atomic E-state index is -4.91. The second-order valence-corrected chi connectivity index (χ2v) is 10.8. The van der Waals surface area contributed by atoms with Gasteiger partial charge in [-0.05, 0) is 86.6 Å². The van der Waals surface area contributed by atoms with E-state index < -0.39 is 47.6 Å². The molecule has 1 saturated carbocycles. The van der Waals surface area contributed by atoms with Crippen LogP contribution in [0.4, 0.5) is 36.4 Å². The summed E-state index contributed by atoms with van der Waals surface area (Å²) in [6.07, 6.45) is -4.49. The van der Waals surface area contributed by atoms with Gasteiger partial charge in [0.25, 0.3) is 11.5 Å². The smallest absolute Gasteiger partial charge is 0.493 e. The number of nitrogens with zero attached hydrogens (tertiary/aromatic N) is 1. The molecule has 0 radical (unpaired) electrons. The third kappa shape index (κ3) is 11.2. The lowest BCUT2D eigenvalue weighted by Crippen LogP contribution is -2.27. The number of aromatic nitrogens is 1. The van der Waals surface area contributed by atoms with Crippen LogP contribution in [0.5, 0.6) is 11.5 Å². The SMILES string of the molecule is NC(=CC=NCC1CC1)c1cc(-c2ccc(OCCCCCC(F)(F)F)cc2F)[nH]c(=O)c1C(=O)Nc1ccc(OC(F)(F)F)cc1. The number of hydrogen-bond acceptors (Lipinski definition) is 6. The molecule has 0 aliphatic heterocycles. The maximum absolute atomic E-state index is 15.2. The lowest BCUT2D eigenvalue weighted by Gasteiger charge is -2.14. The van der Waals surface area contributed by atoms with Crippen LogP contribution in [0.15, 0.2) is 64.4 Å². The summed E-state index contributed by atoms with van der Waals surface area (Å²) in [5, 5.41) is 2.43. The van der Waals surface area contributed by atoms with Gasteiger partial charge in [0.2, 0.25) is 0 Å². The van der Waals surface area contributed by atoms with Gasteiger partial charge in [-0.2, -0.15) is 13.2 Å². The molecular weight excluding hydrogens is 637 g/mol. The summed E-state index contributed by atoms with van der Waals surface area (Å²) in [6.45, 7) is 0.655. The molecule has 8 nitrogen and oxygen atoms in total. The molecular formula is C32H31F7N4O4. The zero-order valence-electron chi connectivity index (χ0n) is 24.8. The Morgan fingerprint density at radius 1 is 1.00 bits per heavy atom. The predicted octanol–water partition coefficient (Wildman–Crippen LogP) is 7.61. The van der Waals surface area contributed by atoms with Gasteiger partial charge in [0.15, 0.2) is 0 Å². The van der Waals surface area contributed by atoms with Crippen LogP contribution in [0.25, 0.3) is 17.0 Å². The van der Waals surface area contributed by atoms with Crippen molar-refractivity contribution < 1.29 is 45.0 Å². The lowest BCUT2D eigenvalue weighted by atomic mass is 10.0. The van der Waals surface area contributed by atoms with Gasteiger partial charge in [-0.1, -0.05) is 0 Å². The number of nitrogens with one attached hydrogen (secondary N) is 2. The van der Waals surface area contributed by atoms with Crippen molar-refractivity contribution in [2.45, 2.75) is 51.1 Å². The van der Waals surface area contributed by atoms with Crippen molar-refractivity contribution >= 4 is 23.5 Å². The third-order valence-corrected chi connectivity index (χ3v) is 6.94. The average Bonchev–Trinajstić information content (AvgIpc) is 3.81. The number of aliphatic imine (C=N–C) groups is 1. The van der Waals surface area contributed by atoms with Crippen molar-refractivity contribution in [1.29, 1.82) is 0 Å². The molecule has 2 aromatic carbocycles. The summed E-state index contributed by atoms with van der Waals surface area (Å²) in [6, 6.07) is 9.35. The molecule has 4 rings (SSSR count). The number of aromatic amines is 1. The van der Waals surface area contributed by atoms with Crippen LogP contribution in [0.3, 0.4) is 0 Å². The summed E-state index contributed by atoms with van der Waals surface area (Å²) in [5.41, 5.74) is 4.74. The first kappa shape index (κ1) is 35.0. The van der Waals surface area contributed by atoms with Crippen LogP contribution in [0.1, 0.15) is 54.4 Å². The van der Waals surface area contributed by atoms with E-state index in [0.717, 1.165) is 43.2 Å². The fourth-order valence-electron chi connectivity index (χ4n) is 4.42. The number of benzene rings is 2. The fraction of sp³-hybridized carbons (Fsp3) is 0.344. The van der Waals surface area contributed by atoms with Crippen molar-refractivity contribution in [1.82, 2.24) is 4.98 Å². The normalized spacial score (nSPS) is 14.0.